The van der Waals surface area contributed by atoms with Gasteiger partial charge in [-0.2, -0.15) is 0 Å². The predicted molar refractivity (Wildman–Crippen MR) is 125 cm³/mol. The molecule has 1 N–H and O–H groups in total. The normalized spacial score (nSPS) is 15.4. The van der Waals surface area contributed by atoms with Crippen molar-refractivity contribution in [1.29, 1.82) is 0 Å². The monoisotopic (exact) mass is 446 g/mol. The van der Waals surface area contributed by atoms with Gasteiger partial charge in [-0.25, -0.2) is 4.79 Å². The first-order valence-corrected chi connectivity index (χ1v) is 10.8. The minimum atomic E-state index is -0.908. The molecule has 0 aliphatic carbocycles. The van der Waals surface area contributed by atoms with E-state index in [1.165, 1.54) is 0 Å². The van der Waals surface area contributed by atoms with Gasteiger partial charge in [-0.05, 0) is 46.5 Å². The van der Waals surface area contributed by atoms with E-state index < -0.39 is 12.1 Å². The van der Waals surface area contributed by atoms with Gasteiger partial charge < -0.3 is 24.1 Å². The highest BCUT2D eigenvalue weighted by Gasteiger charge is 2.22. The molecule has 1 aliphatic rings. The van der Waals surface area contributed by atoms with Gasteiger partial charge in [0.15, 0.2) is 0 Å². The van der Waals surface area contributed by atoms with Crippen LogP contribution in [0.1, 0.15) is 0 Å². The highest BCUT2D eigenvalue weighted by atomic mass is 16.6. The van der Waals surface area contributed by atoms with E-state index in [9.17, 15) is 9.90 Å². The Labute approximate surface area is 193 Å². The van der Waals surface area contributed by atoms with Crippen LogP contribution in [0.2, 0.25) is 0 Å². The smallest absolute Gasteiger partial charge is 0.330 e. The van der Waals surface area contributed by atoms with E-state index in [-0.39, 0.29) is 19.3 Å². The second kappa shape index (κ2) is 10.8. The Balaban J connectivity index is 1.30. The van der Waals surface area contributed by atoms with Gasteiger partial charge >= 0.3 is 5.97 Å². The Bertz CT molecular complexity index is 1050. The summed E-state index contributed by atoms with van der Waals surface area (Å²) < 4.78 is 21.2. The van der Waals surface area contributed by atoms with Crippen molar-refractivity contribution in [3.63, 3.8) is 0 Å². The number of carbonyl (C=O) groups excluding carboxylic acids is 1. The largest absolute Gasteiger partial charge is 0.491 e. The number of rotatable bonds is 11. The molecule has 0 amide bonds. The van der Waals surface area contributed by atoms with Crippen molar-refractivity contribution in [1.82, 2.24) is 0 Å². The van der Waals surface area contributed by atoms with Gasteiger partial charge in [0.2, 0.25) is 0 Å². The minimum Gasteiger partial charge on any atom is -0.491 e. The number of ether oxygens (including phenoxy) is 4. The first kappa shape index (κ1) is 22.6. The van der Waals surface area contributed by atoms with E-state index in [0.717, 1.165) is 40.7 Å². The number of epoxide rings is 1. The van der Waals surface area contributed by atoms with Crippen LogP contribution in [0.15, 0.2) is 85.5 Å². The van der Waals surface area contributed by atoms with Gasteiger partial charge in [0.25, 0.3) is 0 Å². The number of aliphatic hydroxyl groups is 1. The molecule has 1 heterocycles. The van der Waals surface area contributed by atoms with Crippen LogP contribution in [0.5, 0.6) is 11.5 Å². The number of hydrogen-bond acceptors (Lipinski definition) is 6. The predicted octanol–water partition coefficient (Wildman–Crippen LogP) is 4.27. The van der Waals surface area contributed by atoms with Crippen LogP contribution in [0, 0.1) is 0 Å². The molecule has 1 fully saturated rings. The quantitative estimate of drug-likeness (QED) is 0.269. The number of carbonyl (C=O) groups is 1. The van der Waals surface area contributed by atoms with E-state index in [1.807, 2.05) is 36.4 Å². The molecule has 170 valence electrons. The molecule has 0 saturated carbocycles. The van der Waals surface area contributed by atoms with Crippen LogP contribution in [0.3, 0.4) is 0 Å². The van der Waals surface area contributed by atoms with Crippen molar-refractivity contribution in [2.24, 2.45) is 0 Å². The summed E-state index contributed by atoms with van der Waals surface area (Å²) in [6.07, 6.45) is 0.392. The van der Waals surface area contributed by atoms with Crippen LogP contribution >= 0.6 is 0 Å². The summed E-state index contributed by atoms with van der Waals surface area (Å²) in [6, 6.07) is 24.0. The third kappa shape index (κ3) is 6.68. The van der Waals surface area contributed by atoms with Crippen LogP contribution in [0.4, 0.5) is 0 Å². The number of esters is 1. The topological polar surface area (TPSA) is 77.5 Å². The van der Waals surface area contributed by atoms with E-state index >= 15 is 0 Å². The standard InChI is InChI=1S/C27H26O6/c1-2-27(29)33-16-23(28)15-30-24-11-7-21(8-12-24)19-3-5-20(6-4-19)22-9-13-25(14-10-22)31-17-26-18-32-26/h2-14,23,26,28H,1,15-18H2. The van der Waals surface area contributed by atoms with Gasteiger partial charge in [-0.15, -0.1) is 0 Å². The van der Waals surface area contributed by atoms with Gasteiger partial charge in [-0.3, -0.25) is 0 Å². The Morgan fingerprint density at radius 2 is 1.33 bits per heavy atom. The fraction of sp³-hybridized carbons (Fsp3) is 0.222. The van der Waals surface area contributed by atoms with Crippen molar-refractivity contribution in [2.75, 3.05) is 26.4 Å². The van der Waals surface area contributed by atoms with Gasteiger partial charge in [0, 0.05) is 6.08 Å². The molecule has 6 heteroatoms. The van der Waals surface area contributed by atoms with Crippen LogP contribution in [-0.4, -0.2) is 49.7 Å². The van der Waals surface area contributed by atoms with Crippen LogP contribution in [0.25, 0.3) is 22.3 Å². The SMILES string of the molecule is C=CC(=O)OCC(O)COc1ccc(-c2ccc(-c3ccc(OCC4CO4)cc3)cc2)cc1. The molecule has 0 bridgehead atoms. The van der Waals surface area contributed by atoms with Crippen molar-refractivity contribution in [3.05, 3.63) is 85.5 Å². The molecule has 0 radical (unpaired) electrons. The van der Waals surface area contributed by atoms with E-state index in [4.69, 9.17) is 18.9 Å². The molecule has 2 unspecified atom stereocenters. The van der Waals surface area contributed by atoms with E-state index in [1.54, 1.807) is 0 Å². The van der Waals surface area contributed by atoms with Crippen LogP contribution < -0.4 is 9.47 Å². The maximum absolute atomic E-state index is 11.0. The third-order valence-corrected chi connectivity index (χ3v) is 5.13. The molecule has 1 aliphatic heterocycles. The average molecular weight is 446 g/mol. The lowest BCUT2D eigenvalue weighted by Gasteiger charge is -2.12. The fourth-order valence-electron chi connectivity index (χ4n) is 3.17. The number of benzene rings is 3. The summed E-state index contributed by atoms with van der Waals surface area (Å²) in [5.74, 6) is 0.897. The molecule has 4 rings (SSSR count). The molecule has 3 aromatic rings. The Hall–Kier alpha value is -3.61. The molecule has 6 nitrogen and oxygen atoms in total. The molecule has 1 saturated heterocycles. The average Bonchev–Trinajstić information content (AvgIpc) is 3.70. The molecule has 2 atom stereocenters. The molecule has 3 aromatic carbocycles. The van der Waals surface area contributed by atoms with Crippen molar-refractivity contribution < 1.29 is 28.8 Å². The van der Waals surface area contributed by atoms with Crippen LogP contribution in [-0.2, 0) is 14.3 Å². The number of hydrogen-bond donors (Lipinski definition) is 1. The summed E-state index contributed by atoms with van der Waals surface area (Å²) in [7, 11) is 0. The Morgan fingerprint density at radius 1 is 0.879 bits per heavy atom. The molecular formula is C27H26O6. The molecule has 0 aromatic heterocycles. The first-order chi connectivity index (χ1) is 16.1. The van der Waals surface area contributed by atoms with E-state index in [0.29, 0.717) is 12.4 Å². The maximum atomic E-state index is 11.0. The molecular weight excluding hydrogens is 420 g/mol. The Morgan fingerprint density at radius 3 is 1.79 bits per heavy atom. The van der Waals surface area contributed by atoms with Crippen molar-refractivity contribution in [2.45, 2.75) is 12.2 Å². The first-order valence-electron chi connectivity index (χ1n) is 10.8. The fourth-order valence-corrected chi connectivity index (χ4v) is 3.17. The lowest BCUT2D eigenvalue weighted by atomic mass is 10.0. The number of aliphatic hydroxyl groups excluding tert-OH is 1. The summed E-state index contributed by atoms with van der Waals surface area (Å²) >= 11 is 0. The highest BCUT2D eigenvalue weighted by molar-refractivity contribution is 5.81. The zero-order valence-electron chi connectivity index (χ0n) is 18.2. The van der Waals surface area contributed by atoms with Gasteiger partial charge in [0.05, 0.1) is 6.61 Å². The van der Waals surface area contributed by atoms with E-state index in [2.05, 4.69) is 43.0 Å². The second-order valence-electron chi connectivity index (χ2n) is 7.69. The molecule has 0 spiro atoms. The highest BCUT2D eigenvalue weighted by Crippen LogP contribution is 2.27. The Kier molecular flexibility index (Phi) is 7.40. The lowest BCUT2D eigenvalue weighted by Crippen LogP contribution is -2.24. The summed E-state index contributed by atoms with van der Waals surface area (Å²) in [5, 5.41) is 9.83. The van der Waals surface area contributed by atoms with Crippen molar-refractivity contribution in [3.8, 4) is 33.8 Å². The van der Waals surface area contributed by atoms with Gasteiger partial charge in [0.1, 0.15) is 43.5 Å². The van der Waals surface area contributed by atoms with Gasteiger partial charge in [-0.1, -0.05) is 55.1 Å². The zero-order chi connectivity index (χ0) is 23.0. The summed E-state index contributed by atoms with van der Waals surface area (Å²) in [6.45, 7) is 4.58. The second-order valence-corrected chi connectivity index (χ2v) is 7.69. The lowest BCUT2D eigenvalue weighted by molar-refractivity contribution is -0.141. The minimum absolute atomic E-state index is 0.0245. The molecule has 33 heavy (non-hydrogen) atoms. The summed E-state index contributed by atoms with van der Waals surface area (Å²) in [5.41, 5.74) is 4.39. The van der Waals surface area contributed by atoms with Crippen molar-refractivity contribution >= 4 is 5.97 Å². The third-order valence-electron chi connectivity index (χ3n) is 5.13. The maximum Gasteiger partial charge on any atom is 0.330 e. The zero-order valence-corrected chi connectivity index (χ0v) is 18.2. The summed E-state index contributed by atoms with van der Waals surface area (Å²) in [4.78, 5) is 11.0.